The average molecular weight is 775 g/mol. The molecule has 0 aliphatic rings. The number of nitrogens with zero attached hydrogens (tertiary/aromatic N) is 4. The maximum Gasteiger partial charge on any atom is 0.305 e. The Morgan fingerprint density at radius 3 is 1.66 bits per heavy atom. The van der Waals surface area contributed by atoms with Gasteiger partial charge in [0.1, 0.15) is 0 Å². The minimum absolute atomic E-state index is 0.280. The SMILES string of the molecule is Cc1ccccc1[C@H](CC(=O)O)NC(=O)c1noc(-c2cccc(F)c2F)n1.O=C(O)C[C@@H](Cc1ccccc1)NC(=O)c1noc(-c2cccc(F)c2F)n1. The second kappa shape index (κ2) is 18.2. The number of carboxylic acid groups (broad SMARTS) is 2. The minimum atomic E-state index is -1.18. The highest BCUT2D eigenvalue weighted by atomic mass is 19.2. The summed E-state index contributed by atoms with van der Waals surface area (Å²) in [6, 6.07) is 21.3. The summed E-state index contributed by atoms with van der Waals surface area (Å²) in [5, 5.41) is 30.2. The predicted molar refractivity (Wildman–Crippen MR) is 187 cm³/mol. The number of hydrogen-bond acceptors (Lipinski definition) is 10. The first-order chi connectivity index (χ1) is 26.8. The van der Waals surface area contributed by atoms with Gasteiger partial charge in [-0.25, -0.2) is 17.6 Å². The molecule has 2 heterocycles. The fourth-order valence-corrected chi connectivity index (χ4v) is 5.34. The second-order valence-electron chi connectivity index (χ2n) is 12.0. The molecule has 2 atom stereocenters. The smallest absolute Gasteiger partial charge is 0.305 e. The first-order valence-corrected chi connectivity index (χ1v) is 16.5. The molecule has 0 bridgehead atoms. The molecule has 288 valence electrons. The number of halogens is 4. The lowest BCUT2D eigenvalue weighted by molar-refractivity contribution is -0.138. The van der Waals surface area contributed by atoms with E-state index in [4.69, 9.17) is 19.3 Å². The normalized spacial score (nSPS) is 11.8. The fraction of sp³-hybridized carbons (Fsp3) is 0.158. The number of hydrogen-bond donors (Lipinski definition) is 4. The largest absolute Gasteiger partial charge is 0.481 e. The van der Waals surface area contributed by atoms with Crippen LogP contribution in [0, 0.1) is 30.2 Å². The van der Waals surface area contributed by atoms with Crippen molar-refractivity contribution in [1.29, 1.82) is 0 Å². The van der Waals surface area contributed by atoms with Crippen LogP contribution in [0.25, 0.3) is 22.9 Å². The Kier molecular flexibility index (Phi) is 13.0. The molecular formula is C38H30F4N6O8. The maximum atomic E-state index is 13.8. The number of carbonyl (C=O) groups is 4. The molecule has 6 rings (SSSR count). The molecule has 0 radical (unpaired) electrons. The zero-order valence-electron chi connectivity index (χ0n) is 29.1. The minimum Gasteiger partial charge on any atom is -0.481 e. The third-order valence-corrected chi connectivity index (χ3v) is 7.95. The molecule has 0 aliphatic heterocycles. The summed E-state index contributed by atoms with van der Waals surface area (Å²) in [4.78, 5) is 54.7. The van der Waals surface area contributed by atoms with Crippen molar-refractivity contribution in [3.8, 4) is 22.9 Å². The molecule has 0 unspecified atom stereocenters. The number of aliphatic carboxylic acids is 2. The van der Waals surface area contributed by atoms with E-state index in [1.807, 2.05) is 6.07 Å². The number of carbonyl (C=O) groups excluding carboxylic acids is 2. The molecule has 6 aromatic rings. The lowest BCUT2D eigenvalue weighted by atomic mass is 9.99. The summed E-state index contributed by atoms with van der Waals surface area (Å²) in [6.45, 7) is 1.79. The van der Waals surface area contributed by atoms with Gasteiger partial charge in [0.25, 0.3) is 35.2 Å². The van der Waals surface area contributed by atoms with Crippen LogP contribution in [0.1, 0.15) is 56.8 Å². The summed E-state index contributed by atoms with van der Waals surface area (Å²) in [6.07, 6.45) is -0.397. The van der Waals surface area contributed by atoms with E-state index >= 15 is 0 Å². The molecule has 0 saturated carbocycles. The van der Waals surface area contributed by atoms with Gasteiger partial charge in [0.2, 0.25) is 0 Å². The van der Waals surface area contributed by atoms with Gasteiger partial charge in [-0.2, -0.15) is 9.97 Å². The number of rotatable bonds is 13. The van der Waals surface area contributed by atoms with Gasteiger partial charge in [0, 0.05) is 6.04 Å². The molecule has 0 spiro atoms. The van der Waals surface area contributed by atoms with Gasteiger partial charge in [-0.1, -0.05) is 77.0 Å². The van der Waals surface area contributed by atoms with E-state index in [1.165, 1.54) is 24.3 Å². The Labute approximate surface area is 314 Å². The van der Waals surface area contributed by atoms with Gasteiger partial charge in [0.15, 0.2) is 23.3 Å². The van der Waals surface area contributed by atoms with E-state index in [0.717, 1.165) is 23.3 Å². The number of nitrogens with one attached hydrogen (secondary N) is 2. The average Bonchev–Trinajstić information content (AvgIpc) is 3.86. The lowest BCUT2D eigenvalue weighted by Gasteiger charge is -2.18. The van der Waals surface area contributed by atoms with Crippen molar-refractivity contribution in [3.05, 3.63) is 143 Å². The van der Waals surface area contributed by atoms with Crippen LogP contribution in [-0.2, 0) is 16.0 Å². The van der Waals surface area contributed by atoms with Gasteiger partial charge in [-0.05, 0) is 54.3 Å². The summed E-state index contributed by atoms with van der Waals surface area (Å²) in [5.74, 6) is -9.89. The molecule has 0 saturated heterocycles. The highest BCUT2D eigenvalue weighted by molar-refractivity contribution is 5.92. The van der Waals surface area contributed by atoms with Crippen LogP contribution in [0.5, 0.6) is 0 Å². The van der Waals surface area contributed by atoms with E-state index < -0.39 is 70.8 Å². The van der Waals surface area contributed by atoms with Crippen molar-refractivity contribution in [1.82, 2.24) is 30.9 Å². The molecule has 2 amide bonds. The Morgan fingerprint density at radius 1 is 0.643 bits per heavy atom. The van der Waals surface area contributed by atoms with Crippen LogP contribution in [0.3, 0.4) is 0 Å². The van der Waals surface area contributed by atoms with Crippen LogP contribution < -0.4 is 10.6 Å². The Morgan fingerprint density at radius 2 is 1.14 bits per heavy atom. The zero-order chi connectivity index (χ0) is 40.4. The quantitative estimate of drug-likeness (QED) is 0.0981. The van der Waals surface area contributed by atoms with Crippen LogP contribution in [0.2, 0.25) is 0 Å². The number of aromatic nitrogens is 4. The van der Waals surface area contributed by atoms with Crippen molar-refractivity contribution in [2.24, 2.45) is 0 Å². The summed E-state index contributed by atoms with van der Waals surface area (Å²) in [5.41, 5.74) is 1.69. The molecule has 0 aliphatic carbocycles. The highest BCUT2D eigenvalue weighted by Crippen LogP contribution is 2.25. The highest BCUT2D eigenvalue weighted by Gasteiger charge is 2.26. The van der Waals surface area contributed by atoms with Gasteiger partial charge in [0.05, 0.1) is 30.0 Å². The molecule has 14 nitrogen and oxygen atoms in total. The predicted octanol–water partition coefficient (Wildman–Crippen LogP) is 6.10. The van der Waals surface area contributed by atoms with E-state index in [0.29, 0.717) is 5.56 Å². The molecular weight excluding hydrogens is 744 g/mol. The molecule has 56 heavy (non-hydrogen) atoms. The molecule has 2 aromatic heterocycles. The van der Waals surface area contributed by atoms with E-state index in [2.05, 4.69) is 30.9 Å². The van der Waals surface area contributed by atoms with Crippen LogP contribution in [-0.4, -0.2) is 60.3 Å². The van der Waals surface area contributed by atoms with E-state index in [9.17, 15) is 36.7 Å². The van der Waals surface area contributed by atoms with Crippen molar-refractivity contribution >= 4 is 23.8 Å². The van der Waals surface area contributed by atoms with E-state index in [1.54, 1.807) is 55.5 Å². The van der Waals surface area contributed by atoms with Crippen LogP contribution in [0.15, 0.2) is 100 Å². The lowest BCUT2D eigenvalue weighted by Crippen LogP contribution is -2.38. The maximum absolute atomic E-state index is 13.8. The first kappa shape index (κ1) is 40.0. The second-order valence-corrected chi connectivity index (χ2v) is 12.0. The van der Waals surface area contributed by atoms with Crippen molar-refractivity contribution in [3.63, 3.8) is 0 Å². The number of amides is 2. The van der Waals surface area contributed by atoms with Crippen molar-refractivity contribution in [2.45, 2.75) is 38.3 Å². The van der Waals surface area contributed by atoms with Crippen molar-refractivity contribution in [2.75, 3.05) is 0 Å². The van der Waals surface area contributed by atoms with Crippen LogP contribution >= 0.6 is 0 Å². The zero-order valence-corrected chi connectivity index (χ0v) is 29.1. The van der Waals surface area contributed by atoms with Gasteiger partial charge in [-0.3, -0.25) is 19.2 Å². The number of aryl methyl sites for hydroxylation is 1. The molecule has 4 aromatic carbocycles. The third-order valence-electron chi connectivity index (χ3n) is 7.95. The molecule has 18 heteroatoms. The molecule has 4 N–H and O–H groups in total. The van der Waals surface area contributed by atoms with E-state index in [-0.39, 0.29) is 42.2 Å². The Hall–Kier alpha value is -7.24. The Balaban J connectivity index is 0.000000214. The number of carboxylic acids is 2. The van der Waals surface area contributed by atoms with Crippen molar-refractivity contribution < 1.29 is 56.0 Å². The standard InChI is InChI=1S/2C19H15F2N3O4/c1-10-5-2-3-6-11(10)14(9-15(25)26)22-18(27)17-23-19(28-24-17)12-7-4-8-13(20)16(12)21;20-14-8-4-7-13(16(14)21)19-23-17(24-28-19)18(27)22-12(10-15(25)26)9-11-5-2-1-3-6-11/h2-8,14H,9H2,1H3,(H,22,27)(H,25,26);1-8,12H,9-10H2,(H,22,27)(H,25,26)/t14-;12-/m01/s1. The van der Waals surface area contributed by atoms with Gasteiger partial charge in [-0.15, -0.1) is 0 Å². The third kappa shape index (κ3) is 10.2. The first-order valence-electron chi connectivity index (χ1n) is 16.5. The van der Waals surface area contributed by atoms with Gasteiger partial charge < -0.3 is 29.9 Å². The Bertz CT molecular complexity index is 2350. The summed E-state index contributed by atoms with van der Waals surface area (Å²) in [7, 11) is 0. The summed E-state index contributed by atoms with van der Waals surface area (Å²) >= 11 is 0. The number of benzene rings is 4. The molecule has 0 fully saturated rings. The monoisotopic (exact) mass is 774 g/mol. The van der Waals surface area contributed by atoms with Crippen LogP contribution in [0.4, 0.5) is 17.6 Å². The fourth-order valence-electron chi connectivity index (χ4n) is 5.34. The topological polar surface area (TPSA) is 211 Å². The summed E-state index contributed by atoms with van der Waals surface area (Å²) < 4.78 is 64.1. The van der Waals surface area contributed by atoms with Gasteiger partial charge >= 0.3 is 11.9 Å².